The van der Waals surface area contributed by atoms with Crippen LogP contribution in [-0.2, 0) is 5.54 Å². The predicted octanol–water partition coefficient (Wildman–Crippen LogP) is 5.43. The van der Waals surface area contributed by atoms with Crippen LogP contribution in [0.5, 0.6) is 11.5 Å². The van der Waals surface area contributed by atoms with E-state index in [1.54, 1.807) is 36.4 Å². The summed E-state index contributed by atoms with van der Waals surface area (Å²) in [5.74, 6) is 1.17. The van der Waals surface area contributed by atoms with Crippen LogP contribution in [0.15, 0.2) is 78.9 Å². The molecule has 1 fully saturated rings. The van der Waals surface area contributed by atoms with E-state index in [1.165, 1.54) is 12.1 Å². The summed E-state index contributed by atoms with van der Waals surface area (Å²) in [4.78, 5) is 12.4. The molecule has 0 heterocycles. The fourth-order valence-corrected chi connectivity index (χ4v) is 2.99. The molecule has 0 bridgehead atoms. The van der Waals surface area contributed by atoms with Crippen LogP contribution in [-0.4, -0.2) is 6.03 Å². The molecule has 0 aromatic heterocycles. The van der Waals surface area contributed by atoms with Gasteiger partial charge in [0, 0.05) is 5.69 Å². The van der Waals surface area contributed by atoms with Gasteiger partial charge in [-0.2, -0.15) is 0 Å². The van der Waals surface area contributed by atoms with E-state index in [4.69, 9.17) is 4.74 Å². The van der Waals surface area contributed by atoms with Crippen LogP contribution < -0.4 is 15.4 Å². The van der Waals surface area contributed by atoms with E-state index in [0.29, 0.717) is 11.4 Å². The van der Waals surface area contributed by atoms with E-state index in [9.17, 15) is 9.18 Å². The first-order valence-electron chi connectivity index (χ1n) is 8.81. The average molecular weight is 362 g/mol. The van der Waals surface area contributed by atoms with Crippen LogP contribution in [0.25, 0.3) is 0 Å². The second kappa shape index (κ2) is 7.11. The van der Waals surface area contributed by atoms with Gasteiger partial charge in [-0.3, -0.25) is 0 Å². The maximum atomic E-state index is 13.1. The van der Waals surface area contributed by atoms with Crippen LogP contribution in [0.2, 0.25) is 0 Å². The molecular weight excluding hydrogens is 343 g/mol. The number of ether oxygens (including phenoxy) is 1. The lowest BCUT2D eigenvalue weighted by molar-refractivity contribution is 0.247. The molecule has 4 rings (SSSR count). The van der Waals surface area contributed by atoms with Gasteiger partial charge in [-0.25, -0.2) is 9.18 Å². The summed E-state index contributed by atoms with van der Waals surface area (Å²) in [6.07, 6.45) is 1.69. The van der Waals surface area contributed by atoms with Crippen LogP contribution in [0, 0.1) is 5.82 Å². The van der Waals surface area contributed by atoms with Gasteiger partial charge in [-0.1, -0.05) is 30.3 Å². The highest BCUT2D eigenvalue weighted by Gasteiger charge is 2.45. The molecule has 0 radical (unpaired) electrons. The zero-order chi connectivity index (χ0) is 18.7. The first-order chi connectivity index (χ1) is 13.1. The second-order valence-electron chi connectivity index (χ2n) is 6.61. The molecule has 3 aromatic carbocycles. The van der Waals surface area contributed by atoms with E-state index in [2.05, 4.69) is 10.6 Å². The molecule has 1 aliphatic rings. The monoisotopic (exact) mass is 362 g/mol. The number of carbonyl (C=O) groups is 1. The van der Waals surface area contributed by atoms with E-state index in [0.717, 1.165) is 24.2 Å². The van der Waals surface area contributed by atoms with Crippen molar-refractivity contribution < 1.29 is 13.9 Å². The number of halogens is 1. The highest BCUT2D eigenvalue weighted by atomic mass is 19.1. The summed E-state index contributed by atoms with van der Waals surface area (Å²) in [7, 11) is 0. The molecule has 2 N–H and O–H groups in total. The molecule has 0 aliphatic heterocycles. The number of hydrogen-bond donors (Lipinski definition) is 2. The zero-order valence-electron chi connectivity index (χ0n) is 14.6. The fraction of sp³-hybridized carbons (Fsp3) is 0.136. The van der Waals surface area contributed by atoms with Crippen molar-refractivity contribution in [1.29, 1.82) is 0 Å². The fourth-order valence-electron chi connectivity index (χ4n) is 2.99. The second-order valence-corrected chi connectivity index (χ2v) is 6.61. The molecule has 5 heteroatoms. The Morgan fingerprint density at radius 2 is 1.48 bits per heavy atom. The number of carbonyl (C=O) groups excluding carboxylic acids is 1. The number of nitrogens with one attached hydrogen (secondary N) is 2. The normalized spacial score (nSPS) is 14.3. The summed E-state index contributed by atoms with van der Waals surface area (Å²) < 4.78 is 18.8. The van der Waals surface area contributed by atoms with Crippen molar-refractivity contribution in [3.05, 3.63) is 90.2 Å². The molecule has 0 atom stereocenters. The van der Waals surface area contributed by atoms with Crippen molar-refractivity contribution in [3.63, 3.8) is 0 Å². The molecule has 1 aliphatic carbocycles. The van der Waals surface area contributed by atoms with Gasteiger partial charge in [0.15, 0.2) is 0 Å². The highest BCUT2D eigenvalue weighted by molar-refractivity contribution is 5.90. The van der Waals surface area contributed by atoms with Crippen molar-refractivity contribution in [2.75, 3.05) is 5.32 Å². The van der Waals surface area contributed by atoms with E-state index < -0.39 is 5.54 Å². The molecule has 1 saturated carbocycles. The maximum Gasteiger partial charge on any atom is 0.319 e. The lowest BCUT2D eigenvalue weighted by Gasteiger charge is -2.18. The molecule has 4 nitrogen and oxygen atoms in total. The van der Waals surface area contributed by atoms with Gasteiger partial charge < -0.3 is 15.4 Å². The Bertz CT molecular complexity index is 921. The third-order valence-corrected chi connectivity index (χ3v) is 4.59. The molecule has 0 spiro atoms. The number of para-hydroxylation sites is 1. The number of hydrogen-bond acceptors (Lipinski definition) is 2. The minimum absolute atomic E-state index is 0.281. The van der Waals surface area contributed by atoms with Crippen molar-refractivity contribution in [2.45, 2.75) is 18.4 Å². The van der Waals surface area contributed by atoms with Gasteiger partial charge in [0.05, 0.1) is 5.54 Å². The van der Waals surface area contributed by atoms with Crippen LogP contribution >= 0.6 is 0 Å². The quantitative estimate of drug-likeness (QED) is 0.636. The smallest absolute Gasteiger partial charge is 0.319 e. The summed E-state index contributed by atoms with van der Waals surface area (Å²) in [5, 5.41) is 5.83. The summed E-state index contributed by atoms with van der Waals surface area (Å²) in [6, 6.07) is 22.7. The molecule has 3 aromatic rings. The summed E-state index contributed by atoms with van der Waals surface area (Å²) >= 11 is 0. The largest absolute Gasteiger partial charge is 0.457 e. The van der Waals surface area contributed by atoms with Crippen LogP contribution in [0.1, 0.15) is 18.4 Å². The Hall–Kier alpha value is -3.34. The molecule has 27 heavy (non-hydrogen) atoms. The van der Waals surface area contributed by atoms with E-state index in [-0.39, 0.29) is 11.8 Å². The molecule has 2 amide bonds. The highest BCUT2D eigenvalue weighted by Crippen LogP contribution is 2.45. The van der Waals surface area contributed by atoms with Crippen LogP contribution in [0.4, 0.5) is 14.9 Å². The molecular formula is C22H19FN2O2. The number of urea groups is 1. The Kier molecular flexibility index (Phi) is 4.50. The first kappa shape index (κ1) is 17.1. The van der Waals surface area contributed by atoms with Gasteiger partial charge >= 0.3 is 6.03 Å². The predicted molar refractivity (Wildman–Crippen MR) is 102 cm³/mol. The average Bonchev–Trinajstić information content (AvgIpc) is 3.45. The Morgan fingerprint density at radius 3 is 2.11 bits per heavy atom. The topological polar surface area (TPSA) is 50.4 Å². The molecule has 0 saturated heterocycles. The SMILES string of the molecule is O=C(Nc1ccc(Oc2ccccc2)cc1)NC1(c2ccc(F)cc2)CC1. The van der Waals surface area contributed by atoms with Crippen molar-refractivity contribution in [1.82, 2.24) is 5.32 Å². The third kappa shape index (κ3) is 4.08. The van der Waals surface area contributed by atoms with Crippen molar-refractivity contribution >= 4 is 11.7 Å². The number of rotatable bonds is 5. The van der Waals surface area contributed by atoms with Crippen molar-refractivity contribution in [3.8, 4) is 11.5 Å². The van der Waals surface area contributed by atoms with Gasteiger partial charge in [-0.15, -0.1) is 0 Å². The number of benzene rings is 3. The Morgan fingerprint density at radius 1 is 0.852 bits per heavy atom. The summed E-state index contributed by atoms with van der Waals surface area (Å²) in [6.45, 7) is 0. The van der Waals surface area contributed by atoms with Crippen molar-refractivity contribution in [2.24, 2.45) is 0 Å². The minimum atomic E-state index is -0.395. The third-order valence-electron chi connectivity index (χ3n) is 4.59. The molecule has 136 valence electrons. The van der Waals surface area contributed by atoms with Gasteiger partial charge in [0.25, 0.3) is 0 Å². The maximum absolute atomic E-state index is 13.1. The lowest BCUT2D eigenvalue weighted by Crippen LogP contribution is -2.38. The van der Waals surface area contributed by atoms with E-state index >= 15 is 0 Å². The number of anilines is 1. The summed E-state index contributed by atoms with van der Waals surface area (Å²) in [5.41, 5.74) is 1.20. The standard InChI is InChI=1S/C22H19FN2O2/c23-17-8-6-16(7-9-17)22(14-15-22)25-21(26)24-18-10-12-20(13-11-18)27-19-4-2-1-3-5-19/h1-13H,14-15H2,(H2,24,25,26). The Balaban J connectivity index is 1.36. The Labute approximate surface area is 157 Å². The van der Waals surface area contributed by atoms with Gasteiger partial charge in [0.2, 0.25) is 0 Å². The first-order valence-corrected chi connectivity index (χ1v) is 8.81. The lowest BCUT2D eigenvalue weighted by atomic mass is 10.1. The van der Waals surface area contributed by atoms with Gasteiger partial charge in [0.1, 0.15) is 17.3 Å². The minimum Gasteiger partial charge on any atom is -0.457 e. The number of amides is 2. The van der Waals surface area contributed by atoms with E-state index in [1.807, 2.05) is 30.3 Å². The van der Waals surface area contributed by atoms with Gasteiger partial charge in [-0.05, 0) is 66.9 Å². The molecule has 0 unspecified atom stereocenters. The zero-order valence-corrected chi connectivity index (χ0v) is 14.6. The van der Waals surface area contributed by atoms with Crippen LogP contribution in [0.3, 0.4) is 0 Å².